The van der Waals surface area contributed by atoms with E-state index in [-0.39, 0.29) is 0 Å². The molecule has 0 amide bonds. The quantitative estimate of drug-likeness (QED) is 0.637. The van der Waals surface area contributed by atoms with Crippen molar-refractivity contribution >= 4 is 27.7 Å². The van der Waals surface area contributed by atoms with Crippen molar-refractivity contribution < 1.29 is 0 Å². The lowest BCUT2D eigenvalue weighted by Crippen LogP contribution is -1.99. The molecule has 0 aliphatic rings. The Balaban J connectivity index is 2.29. The predicted octanol–water partition coefficient (Wildman–Crippen LogP) is 3.61. The number of aromatic nitrogens is 4. The molecule has 0 aliphatic heterocycles. The van der Waals surface area contributed by atoms with Crippen LogP contribution in [0.15, 0.2) is 33.1 Å². The lowest BCUT2D eigenvalue weighted by Gasteiger charge is -2.06. The van der Waals surface area contributed by atoms with Gasteiger partial charge in [-0.2, -0.15) is 0 Å². The van der Waals surface area contributed by atoms with Gasteiger partial charge in [-0.25, -0.2) is 19.9 Å². The smallest absolute Gasteiger partial charge is 0.194 e. The van der Waals surface area contributed by atoms with Crippen molar-refractivity contribution in [2.24, 2.45) is 0 Å². The van der Waals surface area contributed by atoms with E-state index in [1.165, 1.54) is 11.8 Å². The van der Waals surface area contributed by atoms with E-state index in [1.54, 1.807) is 6.20 Å². The van der Waals surface area contributed by atoms with Crippen LogP contribution in [0.1, 0.15) is 31.3 Å². The molecule has 94 valence electrons. The molecular weight excluding hydrogens is 312 g/mol. The van der Waals surface area contributed by atoms with Gasteiger partial charge in [-0.15, -0.1) is 0 Å². The minimum Gasteiger partial charge on any atom is -0.231 e. The maximum atomic E-state index is 4.50. The number of nitrogens with zero attached hydrogens (tertiary/aromatic N) is 4. The largest absolute Gasteiger partial charge is 0.231 e. The minimum atomic E-state index is 0.292. The van der Waals surface area contributed by atoms with Crippen LogP contribution < -0.4 is 0 Å². The fourth-order valence-corrected chi connectivity index (χ4v) is 2.64. The van der Waals surface area contributed by atoms with Crippen molar-refractivity contribution in [3.8, 4) is 0 Å². The summed E-state index contributed by atoms with van der Waals surface area (Å²) in [6.45, 7) is 6.08. The van der Waals surface area contributed by atoms with Gasteiger partial charge >= 0.3 is 0 Å². The zero-order valence-corrected chi connectivity index (χ0v) is 12.8. The van der Waals surface area contributed by atoms with Crippen molar-refractivity contribution in [1.82, 2.24) is 19.9 Å². The first-order valence-corrected chi connectivity index (χ1v) is 7.17. The fourth-order valence-electron chi connectivity index (χ4n) is 1.29. The average Bonchev–Trinajstić information content (AvgIpc) is 2.28. The highest BCUT2D eigenvalue weighted by atomic mass is 79.9. The molecule has 4 nitrogen and oxygen atoms in total. The Morgan fingerprint density at radius 1 is 1.22 bits per heavy atom. The zero-order chi connectivity index (χ0) is 13.1. The van der Waals surface area contributed by atoms with Crippen LogP contribution in [0, 0.1) is 6.92 Å². The van der Waals surface area contributed by atoms with Gasteiger partial charge in [0.15, 0.2) is 5.16 Å². The van der Waals surface area contributed by atoms with Gasteiger partial charge in [0.05, 0.1) is 0 Å². The topological polar surface area (TPSA) is 51.6 Å². The van der Waals surface area contributed by atoms with Crippen LogP contribution in [0.5, 0.6) is 0 Å². The summed E-state index contributed by atoms with van der Waals surface area (Å²) in [5, 5.41) is 1.56. The highest BCUT2D eigenvalue weighted by Crippen LogP contribution is 2.26. The molecule has 6 heteroatoms. The summed E-state index contributed by atoms with van der Waals surface area (Å²) in [6.07, 6.45) is 1.75. The van der Waals surface area contributed by atoms with E-state index >= 15 is 0 Å². The number of rotatable bonds is 3. The second-order valence-corrected chi connectivity index (χ2v) is 5.92. The highest BCUT2D eigenvalue weighted by molar-refractivity contribution is 9.10. The summed E-state index contributed by atoms with van der Waals surface area (Å²) >= 11 is 4.85. The standard InChI is InChI=1S/C12H13BrN4S/c1-7(2)11-16-9(13)6-10(17-11)18-12-14-5-4-8(3)15-12/h4-7H,1-3H3. The monoisotopic (exact) mass is 324 g/mol. The molecule has 0 unspecified atom stereocenters. The van der Waals surface area contributed by atoms with Crippen molar-refractivity contribution in [2.45, 2.75) is 36.9 Å². The minimum absolute atomic E-state index is 0.292. The van der Waals surface area contributed by atoms with E-state index in [9.17, 15) is 0 Å². The first-order valence-electron chi connectivity index (χ1n) is 5.56. The lowest BCUT2D eigenvalue weighted by atomic mass is 10.2. The molecule has 2 rings (SSSR count). The highest BCUT2D eigenvalue weighted by Gasteiger charge is 2.09. The maximum absolute atomic E-state index is 4.50. The Hall–Kier alpha value is -1.01. The zero-order valence-electron chi connectivity index (χ0n) is 10.4. The molecule has 2 aromatic heterocycles. The fraction of sp³-hybridized carbons (Fsp3) is 0.333. The molecule has 2 heterocycles. The van der Waals surface area contributed by atoms with Crippen LogP contribution in [0.25, 0.3) is 0 Å². The van der Waals surface area contributed by atoms with E-state index in [0.29, 0.717) is 11.1 Å². The van der Waals surface area contributed by atoms with E-state index in [0.717, 1.165) is 21.1 Å². The summed E-state index contributed by atoms with van der Waals surface area (Å²) in [4.78, 5) is 17.4. The normalized spacial score (nSPS) is 10.9. The number of halogens is 1. The molecule has 0 aliphatic carbocycles. The summed E-state index contributed by atoms with van der Waals surface area (Å²) in [7, 11) is 0. The van der Waals surface area contributed by atoms with E-state index < -0.39 is 0 Å². The Labute approximate surface area is 119 Å². The summed E-state index contributed by atoms with van der Waals surface area (Å²) < 4.78 is 0.788. The van der Waals surface area contributed by atoms with Gasteiger partial charge in [-0.3, -0.25) is 0 Å². The molecule has 0 atom stereocenters. The van der Waals surface area contributed by atoms with Crippen LogP contribution in [-0.2, 0) is 0 Å². The predicted molar refractivity (Wildman–Crippen MR) is 74.7 cm³/mol. The van der Waals surface area contributed by atoms with E-state index in [2.05, 4.69) is 49.7 Å². The average molecular weight is 325 g/mol. The van der Waals surface area contributed by atoms with Gasteiger partial charge in [0.25, 0.3) is 0 Å². The van der Waals surface area contributed by atoms with Crippen LogP contribution >= 0.6 is 27.7 Å². The molecule has 18 heavy (non-hydrogen) atoms. The molecule has 0 bridgehead atoms. The van der Waals surface area contributed by atoms with Crippen LogP contribution in [0.4, 0.5) is 0 Å². The SMILES string of the molecule is Cc1ccnc(Sc2cc(Br)nc(C(C)C)n2)n1. The Kier molecular flexibility index (Phi) is 4.29. The molecule has 0 spiro atoms. The third kappa shape index (κ3) is 3.49. The summed E-state index contributed by atoms with van der Waals surface area (Å²) in [5.74, 6) is 1.11. The van der Waals surface area contributed by atoms with Crippen molar-refractivity contribution in [3.63, 3.8) is 0 Å². The van der Waals surface area contributed by atoms with Gasteiger partial charge in [0.1, 0.15) is 15.5 Å². The molecule has 0 fully saturated rings. The molecule has 0 aromatic carbocycles. The summed E-state index contributed by atoms with van der Waals surface area (Å²) in [6, 6.07) is 3.75. The Bertz CT molecular complexity index is 560. The Morgan fingerprint density at radius 3 is 2.67 bits per heavy atom. The van der Waals surface area contributed by atoms with Gasteiger partial charge in [0.2, 0.25) is 0 Å². The number of hydrogen-bond acceptors (Lipinski definition) is 5. The summed E-state index contributed by atoms with van der Waals surface area (Å²) in [5.41, 5.74) is 0.949. The Morgan fingerprint density at radius 2 is 2.00 bits per heavy atom. The van der Waals surface area contributed by atoms with Gasteiger partial charge < -0.3 is 0 Å². The molecular formula is C12H13BrN4S. The molecule has 0 saturated carbocycles. The second kappa shape index (κ2) is 5.75. The van der Waals surface area contributed by atoms with E-state index in [4.69, 9.17) is 0 Å². The van der Waals surface area contributed by atoms with Crippen LogP contribution in [-0.4, -0.2) is 19.9 Å². The van der Waals surface area contributed by atoms with Gasteiger partial charge in [-0.05, 0) is 40.7 Å². The first kappa shape index (κ1) is 13.4. The maximum Gasteiger partial charge on any atom is 0.194 e. The third-order valence-corrected chi connectivity index (χ3v) is 3.38. The van der Waals surface area contributed by atoms with Gasteiger partial charge in [0, 0.05) is 23.9 Å². The van der Waals surface area contributed by atoms with Crippen LogP contribution in [0.2, 0.25) is 0 Å². The second-order valence-electron chi connectivity index (χ2n) is 4.12. The molecule has 0 saturated heterocycles. The number of hydrogen-bond donors (Lipinski definition) is 0. The lowest BCUT2D eigenvalue weighted by molar-refractivity contribution is 0.747. The van der Waals surface area contributed by atoms with Crippen molar-refractivity contribution in [2.75, 3.05) is 0 Å². The first-order chi connectivity index (χ1) is 8.54. The van der Waals surface area contributed by atoms with Crippen LogP contribution in [0.3, 0.4) is 0 Å². The molecule has 0 N–H and O–H groups in total. The van der Waals surface area contributed by atoms with Crippen molar-refractivity contribution in [1.29, 1.82) is 0 Å². The molecule has 0 radical (unpaired) electrons. The number of aryl methyl sites for hydroxylation is 1. The van der Waals surface area contributed by atoms with Crippen molar-refractivity contribution in [3.05, 3.63) is 34.5 Å². The van der Waals surface area contributed by atoms with E-state index in [1.807, 2.05) is 19.1 Å². The van der Waals surface area contributed by atoms with Gasteiger partial charge in [-0.1, -0.05) is 13.8 Å². The third-order valence-electron chi connectivity index (χ3n) is 2.17. The molecule has 2 aromatic rings.